The molecule has 5 rings (SSSR count). The summed E-state index contributed by atoms with van der Waals surface area (Å²) in [5, 5.41) is 9.11. The van der Waals surface area contributed by atoms with Crippen LogP contribution in [0.25, 0.3) is 16.0 Å². The van der Waals surface area contributed by atoms with E-state index >= 15 is 0 Å². The van der Waals surface area contributed by atoms with Crippen molar-refractivity contribution in [1.29, 1.82) is 0 Å². The average molecular weight is 452 g/mol. The number of aryl methyl sites for hydroxylation is 2. The van der Waals surface area contributed by atoms with Crippen molar-refractivity contribution in [3.8, 4) is 5.69 Å². The summed E-state index contributed by atoms with van der Waals surface area (Å²) in [6.07, 6.45) is 9.05. The molecule has 6 nitrogen and oxygen atoms in total. The Morgan fingerprint density at radius 1 is 1.12 bits per heavy atom. The third-order valence-electron chi connectivity index (χ3n) is 6.95. The summed E-state index contributed by atoms with van der Waals surface area (Å²) in [6.45, 7) is 6.02. The lowest BCUT2D eigenvalue weighted by Gasteiger charge is -2.32. The Morgan fingerprint density at radius 3 is 2.66 bits per heavy atom. The van der Waals surface area contributed by atoms with Gasteiger partial charge in [-0.05, 0) is 63.1 Å². The normalized spacial score (nSPS) is 18.4. The van der Waals surface area contributed by atoms with Gasteiger partial charge in [-0.25, -0.2) is 4.68 Å². The Bertz CT molecular complexity index is 1090. The molecule has 0 radical (unpaired) electrons. The van der Waals surface area contributed by atoms with Gasteiger partial charge in [0.1, 0.15) is 0 Å². The van der Waals surface area contributed by atoms with Crippen LogP contribution in [0, 0.1) is 19.8 Å². The second-order valence-electron chi connectivity index (χ2n) is 9.52. The molecule has 1 aliphatic heterocycles. The fourth-order valence-electron chi connectivity index (χ4n) is 5.15. The fraction of sp³-hybridized carbons (Fsp3) is 0.560. The molecule has 2 fully saturated rings. The highest BCUT2D eigenvalue weighted by atomic mass is 32.1. The Balaban J connectivity index is 1.22. The molecule has 3 heterocycles. The summed E-state index contributed by atoms with van der Waals surface area (Å²) in [6, 6.07) is 8.68. The van der Waals surface area contributed by atoms with Crippen LogP contribution in [-0.2, 0) is 4.79 Å². The Morgan fingerprint density at radius 2 is 1.91 bits per heavy atom. The van der Waals surface area contributed by atoms with E-state index in [1.165, 1.54) is 37.7 Å². The number of nitrogens with one attached hydrogen (secondary N) is 1. The Kier molecular flexibility index (Phi) is 6.17. The minimum Gasteiger partial charge on any atom is -0.353 e. The minimum atomic E-state index is 0.254. The van der Waals surface area contributed by atoms with Crippen molar-refractivity contribution in [3.05, 3.63) is 35.5 Å². The molecule has 2 aromatic heterocycles. The summed E-state index contributed by atoms with van der Waals surface area (Å²) in [4.78, 5) is 19.9. The van der Waals surface area contributed by atoms with Crippen molar-refractivity contribution < 1.29 is 4.79 Å². The lowest BCUT2D eigenvalue weighted by Crippen LogP contribution is -2.45. The molecule has 3 aromatic rings. The molecule has 0 unspecified atom stereocenters. The van der Waals surface area contributed by atoms with Gasteiger partial charge in [-0.15, -0.1) is 0 Å². The number of nitrogens with zero attached hydrogens (tertiary/aromatic N) is 4. The second kappa shape index (κ2) is 9.22. The van der Waals surface area contributed by atoms with Crippen molar-refractivity contribution in [1.82, 2.24) is 20.1 Å². The first-order chi connectivity index (χ1) is 15.6. The highest BCUT2D eigenvalue weighted by Crippen LogP contribution is 2.34. The number of amides is 1. The molecule has 1 amide bonds. The van der Waals surface area contributed by atoms with Crippen molar-refractivity contribution in [2.75, 3.05) is 18.0 Å². The maximum atomic E-state index is 12.5. The minimum absolute atomic E-state index is 0.254. The molecule has 1 saturated carbocycles. The number of fused-ring (bicyclic) bond motifs is 1. The van der Waals surface area contributed by atoms with Crippen LogP contribution in [0.3, 0.4) is 0 Å². The van der Waals surface area contributed by atoms with Crippen LogP contribution < -0.4 is 10.2 Å². The van der Waals surface area contributed by atoms with Gasteiger partial charge in [-0.2, -0.15) is 10.1 Å². The van der Waals surface area contributed by atoms with E-state index in [4.69, 9.17) is 10.1 Å². The molecule has 32 heavy (non-hydrogen) atoms. The average Bonchev–Trinajstić information content (AvgIpc) is 3.35. The molecule has 0 bridgehead atoms. The van der Waals surface area contributed by atoms with E-state index in [0.29, 0.717) is 18.4 Å². The Labute approximate surface area is 194 Å². The molecule has 0 atom stereocenters. The van der Waals surface area contributed by atoms with Gasteiger partial charge >= 0.3 is 0 Å². The van der Waals surface area contributed by atoms with Crippen molar-refractivity contribution >= 4 is 32.7 Å². The van der Waals surface area contributed by atoms with Gasteiger partial charge in [0.15, 0.2) is 10.8 Å². The lowest BCUT2D eigenvalue weighted by molar-refractivity contribution is -0.123. The van der Waals surface area contributed by atoms with Gasteiger partial charge < -0.3 is 10.2 Å². The molecule has 1 aliphatic carbocycles. The predicted molar refractivity (Wildman–Crippen MR) is 131 cm³/mol. The first kappa shape index (κ1) is 21.4. The second-order valence-corrected chi connectivity index (χ2v) is 10.5. The van der Waals surface area contributed by atoms with E-state index in [2.05, 4.69) is 48.3 Å². The van der Waals surface area contributed by atoms with E-state index in [-0.39, 0.29) is 5.91 Å². The maximum absolute atomic E-state index is 12.5. The van der Waals surface area contributed by atoms with E-state index < -0.39 is 0 Å². The predicted octanol–water partition coefficient (Wildman–Crippen LogP) is 5.15. The van der Waals surface area contributed by atoms with Crippen LogP contribution >= 0.6 is 11.3 Å². The molecule has 1 aromatic carbocycles. The largest absolute Gasteiger partial charge is 0.353 e. The van der Waals surface area contributed by atoms with Crippen molar-refractivity contribution in [2.24, 2.45) is 5.92 Å². The molecule has 170 valence electrons. The number of hydrogen-bond acceptors (Lipinski definition) is 5. The molecule has 1 saturated heterocycles. The molecule has 2 aliphatic rings. The molecule has 1 N–H and O–H groups in total. The Hall–Kier alpha value is -2.41. The smallest absolute Gasteiger partial charge is 0.220 e. The summed E-state index contributed by atoms with van der Waals surface area (Å²) in [5.74, 6) is 0.854. The highest BCUT2D eigenvalue weighted by molar-refractivity contribution is 7.22. The molecule has 0 spiro atoms. The van der Waals surface area contributed by atoms with Gasteiger partial charge in [0.25, 0.3) is 0 Å². The van der Waals surface area contributed by atoms with Crippen LogP contribution in [0.15, 0.2) is 24.3 Å². The SMILES string of the molecule is Cc1cccc(-n2nc(C)c3sc(N4CCC(NC(=O)CC5CCCCC5)CC4)nc32)c1. The molecular weight excluding hydrogens is 418 g/mol. The van der Waals surface area contributed by atoms with Gasteiger partial charge in [-0.3, -0.25) is 4.79 Å². The van der Waals surface area contributed by atoms with Crippen molar-refractivity contribution in [3.63, 3.8) is 0 Å². The third-order valence-corrected chi connectivity index (χ3v) is 8.17. The van der Waals surface area contributed by atoms with Crippen LogP contribution in [0.2, 0.25) is 0 Å². The summed E-state index contributed by atoms with van der Waals surface area (Å²) in [7, 11) is 0. The summed E-state index contributed by atoms with van der Waals surface area (Å²) < 4.78 is 3.13. The van der Waals surface area contributed by atoms with E-state index in [1.54, 1.807) is 11.3 Å². The summed E-state index contributed by atoms with van der Waals surface area (Å²) >= 11 is 1.73. The number of carbonyl (C=O) groups is 1. The van der Waals surface area contributed by atoms with Gasteiger partial charge in [0, 0.05) is 25.6 Å². The number of hydrogen-bond donors (Lipinski definition) is 1. The number of aromatic nitrogens is 3. The number of thiazole rings is 1. The number of rotatable bonds is 5. The number of anilines is 1. The molecule has 7 heteroatoms. The highest BCUT2D eigenvalue weighted by Gasteiger charge is 2.25. The van der Waals surface area contributed by atoms with Crippen LogP contribution in [0.4, 0.5) is 5.13 Å². The third kappa shape index (κ3) is 4.53. The standard InChI is InChI=1S/C25H33N5OS/c1-17-7-6-10-21(15-17)30-24-23(18(2)28-30)32-25(27-24)29-13-11-20(12-14-29)26-22(31)16-19-8-4-3-5-9-19/h6-7,10,15,19-20H,3-5,8-9,11-14,16H2,1-2H3,(H,26,31). The maximum Gasteiger partial charge on any atom is 0.220 e. The van der Waals surface area contributed by atoms with Gasteiger partial charge in [0.05, 0.1) is 16.1 Å². The van der Waals surface area contributed by atoms with E-state index in [0.717, 1.165) is 52.8 Å². The number of carbonyl (C=O) groups excluding carboxylic acids is 1. The molecular formula is C25H33N5OS. The first-order valence-corrected chi connectivity index (χ1v) is 12.9. The topological polar surface area (TPSA) is 63.1 Å². The van der Waals surface area contributed by atoms with Gasteiger partial charge in [-0.1, -0.05) is 42.7 Å². The number of piperidine rings is 1. The lowest BCUT2D eigenvalue weighted by atomic mass is 9.86. The zero-order valence-corrected chi connectivity index (χ0v) is 20.0. The quantitative estimate of drug-likeness (QED) is 0.582. The van der Waals surface area contributed by atoms with Crippen molar-refractivity contribution in [2.45, 2.75) is 71.3 Å². The van der Waals surface area contributed by atoms with Crippen LogP contribution in [0.5, 0.6) is 0 Å². The van der Waals surface area contributed by atoms with Gasteiger partial charge in [0.2, 0.25) is 5.91 Å². The number of benzene rings is 1. The zero-order chi connectivity index (χ0) is 22.1. The van der Waals surface area contributed by atoms with Crippen LogP contribution in [0.1, 0.15) is 62.6 Å². The van der Waals surface area contributed by atoms with E-state index in [9.17, 15) is 4.79 Å². The summed E-state index contributed by atoms with van der Waals surface area (Å²) in [5.41, 5.74) is 4.23. The van der Waals surface area contributed by atoms with Crippen LogP contribution in [-0.4, -0.2) is 39.8 Å². The zero-order valence-electron chi connectivity index (χ0n) is 19.1. The fourth-order valence-corrected chi connectivity index (χ4v) is 6.19. The van der Waals surface area contributed by atoms with E-state index in [1.807, 2.05) is 4.68 Å². The monoisotopic (exact) mass is 451 g/mol. The first-order valence-electron chi connectivity index (χ1n) is 12.0.